The second-order valence-corrected chi connectivity index (χ2v) is 6.11. The Balaban J connectivity index is 2.73. The van der Waals surface area contributed by atoms with Gasteiger partial charge in [-0.2, -0.15) is 0 Å². The summed E-state index contributed by atoms with van der Waals surface area (Å²) in [5, 5.41) is 3.20. The van der Waals surface area contributed by atoms with Gasteiger partial charge >= 0.3 is 0 Å². The van der Waals surface area contributed by atoms with Gasteiger partial charge < -0.3 is 16.0 Å². The van der Waals surface area contributed by atoms with Crippen molar-refractivity contribution in [3.8, 4) is 0 Å². The zero-order chi connectivity index (χ0) is 14.5. The third-order valence-corrected chi connectivity index (χ3v) is 2.86. The van der Waals surface area contributed by atoms with Crippen LogP contribution in [0.1, 0.15) is 33.0 Å². The lowest BCUT2D eigenvalue weighted by atomic mass is 9.92. The van der Waals surface area contributed by atoms with Crippen LogP contribution in [0.4, 0.5) is 11.6 Å². The maximum atomic E-state index is 5.49. The summed E-state index contributed by atoms with van der Waals surface area (Å²) in [6, 6.07) is 1.98. The molecule has 0 saturated carbocycles. The van der Waals surface area contributed by atoms with E-state index in [-0.39, 0.29) is 0 Å². The minimum absolute atomic E-state index is 0.330. The van der Waals surface area contributed by atoms with Gasteiger partial charge in [0.1, 0.15) is 17.5 Å². The summed E-state index contributed by atoms with van der Waals surface area (Å²) >= 11 is 0. The Bertz CT molecular complexity index is 397. The summed E-state index contributed by atoms with van der Waals surface area (Å²) in [4.78, 5) is 11.0. The van der Waals surface area contributed by atoms with Crippen LogP contribution in [0.15, 0.2) is 6.07 Å². The van der Waals surface area contributed by atoms with Crippen LogP contribution in [-0.2, 0) is 0 Å². The predicted octanol–water partition coefficient (Wildman–Crippen LogP) is 2.03. The normalized spacial score (nSPS) is 11.5. The molecule has 1 aromatic heterocycles. The van der Waals surface area contributed by atoms with Gasteiger partial charge in [0, 0.05) is 32.7 Å². The summed E-state index contributed by atoms with van der Waals surface area (Å²) in [6.07, 6.45) is 1.12. The molecule has 19 heavy (non-hydrogen) atoms. The number of nitrogens with two attached hydrogens (primary N) is 1. The Hall–Kier alpha value is -1.36. The molecular weight excluding hydrogens is 238 g/mol. The van der Waals surface area contributed by atoms with E-state index in [2.05, 4.69) is 48.0 Å². The van der Waals surface area contributed by atoms with Gasteiger partial charge in [-0.1, -0.05) is 20.8 Å². The van der Waals surface area contributed by atoms with Crippen LogP contribution in [0, 0.1) is 12.3 Å². The fourth-order valence-electron chi connectivity index (χ4n) is 1.66. The van der Waals surface area contributed by atoms with Crippen molar-refractivity contribution >= 4 is 11.6 Å². The van der Waals surface area contributed by atoms with Crippen LogP contribution in [0.3, 0.4) is 0 Å². The van der Waals surface area contributed by atoms with E-state index < -0.39 is 0 Å². The number of rotatable bonds is 6. The van der Waals surface area contributed by atoms with Crippen LogP contribution < -0.4 is 16.0 Å². The summed E-state index contributed by atoms with van der Waals surface area (Å²) in [7, 11) is 2.07. The lowest BCUT2D eigenvalue weighted by Crippen LogP contribution is -2.24. The number of hydrogen-bond acceptors (Lipinski definition) is 5. The molecule has 0 aliphatic heterocycles. The van der Waals surface area contributed by atoms with Crippen LogP contribution >= 0.6 is 0 Å². The van der Waals surface area contributed by atoms with Crippen molar-refractivity contribution in [1.29, 1.82) is 0 Å². The van der Waals surface area contributed by atoms with E-state index in [4.69, 9.17) is 5.73 Å². The molecule has 1 aromatic rings. The average molecular weight is 265 g/mol. The number of hydrogen-bond donors (Lipinski definition) is 2. The van der Waals surface area contributed by atoms with Crippen LogP contribution in [0.5, 0.6) is 0 Å². The molecule has 0 aliphatic rings. The smallest absolute Gasteiger partial charge is 0.134 e. The number of nitrogens with zero attached hydrogens (tertiary/aromatic N) is 3. The SMILES string of the molecule is Cc1nc(NCCN)cc(N(C)CCC(C)(C)C)n1. The molecule has 108 valence electrons. The van der Waals surface area contributed by atoms with Crippen LogP contribution in [-0.4, -0.2) is 36.6 Å². The van der Waals surface area contributed by atoms with Gasteiger partial charge in [0.05, 0.1) is 0 Å². The Kier molecular flexibility index (Phi) is 5.54. The maximum absolute atomic E-state index is 5.49. The molecule has 0 atom stereocenters. The minimum atomic E-state index is 0.330. The van der Waals surface area contributed by atoms with Crippen molar-refractivity contribution in [2.75, 3.05) is 36.9 Å². The number of aromatic nitrogens is 2. The van der Waals surface area contributed by atoms with Crippen LogP contribution in [0.25, 0.3) is 0 Å². The molecule has 0 fully saturated rings. The summed E-state index contributed by atoms with van der Waals surface area (Å²) in [5.74, 6) is 2.58. The minimum Gasteiger partial charge on any atom is -0.369 e. The van der Waals surface area contributed by atoms with E-state index in [0.717, 1.165) is 37.0 Å². The molecule has 0 aromatic carbocycles. The van der Waals surface area contributed by atoms with E-state index in [1.54, 1.807) is 0 Å². The fourth-order valence-corrected chi connectivity index (χ4v) is 1.66. The van der Waals surface area contributed by atoms with Crippen molar-refractivity contribution in [2.45, 2.75) is 34.1 Å². The Morgan fingerprint density at radius 1 is 1.32 bits per heavy atom. The van der Waals surface area contributed by atoms with Gasteiger partial charge in [0.2, 0.25) is 0 Å². The molecule has 0 bridgehead atoms. The van der Waals surface area contributed by atoms with E-state index in [0.29, 0.717) is 12.0 Å². The summed E-state index contributed by atoms with van der Waals surface area (Å²) in [5.41, 5.74) is 5.82. The molecule has 3 N–H and O–H groups in total. The van der Waals surface area contributed by atoms with Gasteiger partial charge in [-0.15, -0.1) is 0 Å². The first-order chi connectivity index (χ1) is 8.81. The van der Waals surface area contributed by atoms with Gasteiger partial charge in [0.15, 0.2) is 0 Å². The van der Waals surface area contributed by atoms with Gasteiger partial charge in [-0.25, -0.2) is 9.97 Å². The summed E-state index contributed by atoms with van der Waals surface area (Å²) < 4.78 is 0. The molecule has 1 rings (SSSR count). The molecule has 0 saturated heterocycles. The van der Waals surface area contributed by atoms with E-state index >= 15 is 0 Å². The lowest BCUT2D eigenvalue weighted by molar-refractivity contribution is 0.381. The van der Waals surface area contributed by atoms with Crippen molar-refractivity contribution < 1.29 is 0 Å². The first-order valence-corrected chi connectivity index (χ1v) is 6.82. The molecule has 5 heteroatoms. The Labute approximate surface area is 116 Å². The first-order valence-electron chi connectivity index (χ1n) is 6.82. The molecule has 1 heterocycles. The zero-order valence-corrected chi connectivity index (χ0v) is 12.8. The quantitative estimate of drug-likeness (QED) is 0.824. The summed E-state index contributed by atoms with van der Waals surface area (Å²) in [6.45, 7) is 11.0. The predicted molar refractivity (Wildman–Crippen MR) is 81.7 cm³/mol. The molecule has 0 radical (unpaired) electrons. The second-order valence-electron chi connectivity index (χ2n) is 6.11. The molecule has 0 spiro atoms. The van der Waals surface area contributed by atoms with Crippen LogP contribution in [0.2, 0.25) is 0 Å². The standard InChI is InChI=1S/C14H27N5/c1-11-17-12(16-8-7-15)10-13(18-11)19(5)9-6-14(2,3)4/h10H,6-9,15H2,1-5H3,(H,16,17,18). The van der Waals surface area contributed by atoms with Gasteiger partial charge in [-0.3, -0.25) is 0 Å². The van der Waals surface area contributed by atoms with E-state index in [1.807, 2.05) is 13.0 Å². The highest BCUT2D eigenvalue weighted by molar-refractivity contribution is 5.48. The monoisotopic (exact) mass is 265 g/mol. The van der Waals surface area contributed by atoms with E-state index in [1.165, 1.54) is 0 Å². The molecule has 0 aliphatic carbocycles. The third kappa shape index (κ3) is 5.87. The largest absolute Gasteiger partial charge is 0.369 e. The number of nitrogens with one attached hydrogen (secondary N) is 1. The van der Waals surface area contributed by atoms with Gasteiger partial charge in [-0.05, 0) is 18.8 Å². The first kappa shape index (κ1) is 15.7. The van der Waals surface area contributed by atoms with Crippen molar-refractivity contribution in [3.63, 3.8) is 0 Å². The van der Waals surface area contributed by atoms with Crippen molar-refractivity contribution in [3.05, 3.63) is 11.9 Å². The fraction of sp³-hybridized carbons (Fsp3) is 0.714. The van der Waals surface area contributed by atoms with E-state index in [9.17, 15) is 0 Å². The maximum Gasteiger partial charge on any atom is 0.134 e. The Morgan fingerprint density at radius 3 is 2.58 bits per heavy atom. The molecule has 5 nitrogen and oxygen atoms in total. The van der Waals surface area contributed by atoms with Crippen molar-refractivity contribution in [1.82, 2.24) is 9.97 Å². The van der Waals surface area contributed by atoms with Crippen molar-refractivity contribution in [2.24, 2.45) is 11.1 Å². The number of aryl methyl sites for hydroxylation is 1. The molecule has 0 unspecified atom stereocenters. The third-order valence-electron chi connectivity index (χ3n) is 2.86. The van der Waals surface area contributed by atoms with Gasteiger partial charge in [0.25, 0.3) is 0 Å². The Morgan fingerprint density at radius 2 is 2.00 bits per heavy atom. The average Bonchev–Trinajstić information content (AvgIpc) is 2.31. The molecule has 0 amide bonds. The lowest BCUT2D eigenvalue weighted by Gasteiger charge is -2.24. The highest BCUT2D eigenvalue weighted by Crippen LogP contribution is 2.21. The topological polar surface area (TPSA) is 67.1 Å². The highest BCUT2D eigenvalue weighted by Gasteiger charge is 2.13. The second kappa shape index (κ2) is 6.70. The number of anilines is 2. The zero-order valence-electron chi connectivity index (χ0n) is 12.8. The highest BCUT2D eigenvalue weighted by atomic mass is 15.2. The molecular formula is C14H27N5.